The summed E-state index contributed by atoms with van der Waals surface area (Å²) in [5.41, 5.74) is 0.284. The third kappa shape index (κ3) is 1.79. The molecule has 0 bridgehead atoms. The molecular formula is C18H28O3. The van der Waals surface area contributed by atoms with Crippen molar-refractivity contribution in [2.24, 2.45) is 34.5 Å². The largest absolute Gasteiger partial charge is 0.465 e. The zero-order valence-corrected chi connectivity index (χ0v) is 13.3. The molecule has 3 saturated carbocycles. The van der Waals surface area contributed by atoms with Crippen molar-refractivity contribution >= 4 is 5.97 Å². The van der Waals surface area contributed by atoms with Gasteiger partial charge in [0.1, 0.15) is 0 Å². The predicted octanol–water partition coefficient (Wildman–Crippen LogP) is 3.15. The molecule has 0 radical (unpaired) electrons. The van der Waals surface area contributed by atoms with Crippen LogP contribution in [0, 0.1) is 34.5 Å². The highest BCUT2D eigenvalue weighted by Crippen LogP contribution is 2.65. The monoisotopic (exact) mass is 292 g/mol. The average Bonchev–Trinajstić information content (AvgIpc) is 2.74. The fourth-order valence-corrected chi connectivity index (χ4v) is 6.61. The fraction of sp³-hybridized carbons (Fsp3) is 0.944. The minimum atomic E-state index is -0.106. The van der Waals surface area contributed by atoms with Gasteiger partial charge in [-0.2, -0.15) is 0 Å². The molecule has 7 atom stereocenters. The first kappa shape index (κ1) is 14.0. The number of carbonyl (C=O) groups excluding carboxylic acids is 1. The zero-order valence-electron chi connectivity index (χ0n) is 13.3. The number of rotatable bonds is 0. The van der Waals surface area contributed by atoms with Crippen molar-refractivity contribution in [3.8, 4) is 0 Å². The van der Waals surface area contributed by atoms with E-state index in [2.05, 4.69) is 13.8 Å². The molecule has 118 valence electrons. The Labute approximate surface area is 127 Å². The lowest BCUT2D eigenvalue weighted by Crippen LogP contribution is -2.55. The van der Waals surface area contributed by atoms with E-state index in [1.807, 2.05) is 0 Å². The molecule has 4 aliphatic rings. The quantitative estimate of drug-likeness (QED) is 0.698. The molecule has 1 N–H and O–H groups in total. The molecule has 1 saturated heterocycles. The highest BCUT2D eigenvalue weighted by atomic mass is 16.5. The minimum Gasteiger partial charge on any atom is -0.465 e. The van der Waals surface area contributed by atoms with E-state index in [0.717, 1.165) is 12.8 Å². The standard InChI is InChI=1S/C18H28O3/c1-17-8-7-14-12(13(17)5-6-15(17)19)4-3-11-10-21-16(20)9-18(11,14)2/h11-15,19H,3-10H2,1-2H3. The van der Waals surface area contributed by atoms with Gasteiger partial charge < -0.3 is 9.84 Å². The van der Waals surface area contributed by atoms with Crippen molar-refractivity contribution in [2.75, 3.05) is 6.61 Å². The number of esters is 1. The van der Waals surface area contributed by atoms with Gasteiger partial charge in [0, 0.05) is 0 Å². The lowest BCUT2D eigenvalue weighted by molar-refractivity contribution is -0.179. The Morgan fingerprint density at radius 3 is 2.62 bits per heavy atom. The van der Waals surface area contributed by atoms with Crippen LogP contribution in [0.1, 0.15) is 58.8 Å². The van der Waals surface area contributed by atoms with Gasteiger partial charge in [0.2, 0.25) is 0 Å². The van der Waals surface area contributed by atoms with Crippen molar-refractivity contribution in [3.05, 3.63) is 0 Å². The van der Waals surface area contributed by atoms with Crippen molar-refractivity contribution in [3.63, 3.8) is 0 Å². The van der Waals surface area contributed by atoms with Crippen LogP contribution in [-0.2, 0) is 9.53 Å². The second-order valence-electron chi connectivity index (χ2n) is 8.65. The Morgan fingerprint density at radius 1 is 1.05 bits per heavy atom. The lowest BCUT2D eigenvalue weighted by atomic mass is 9.46. The molecule has 0 spiro atoms. The highest BCUT2D eigenvalue weighted by molar-refractivity contribution is 5.71. The van der Waals surface area contributed by atoms with Crippen molar-refractivity contribution < 1.29 is 14.6 Å². The maximum Gasteiger partial charge on any atom is 0.306 e. The molecule has 3 heteroatoms. The summed E-state index contributed by atoms with van der Waals surface area (Å²) in [6.45, 7) is 5.31. The highest BCUT2D eigenvalue weighted by Gasteiger charge is 2.60. The molecule has 4 fully saturated rings. The third-order valence-electron chi connectivity index (χ3n) is 7.99. The van der Waals surface area contributed by atoms with E-state index in [4.69, 9.17) is 4.74 Å². The molecule has 1 aliphatic heterocycles. The van der Waals surface area contributed by atoms with E-state index in [0.29, 0.717) is 36.7 Å². The minimum absolute atomic E-state index is 0.00851. The van der Waals surface area contributed by atoms with Crippen molar-refractivity contribution in [2.45, 2.75) is 64.9 Å². The molecule has 3 nitrogen and oxygen atoms in total. The van der Waals surface area contributed by atoms with Gasteiger partial charge in [0.05, 0.1) is 19.1 Å². The topological polar surface area (TPSA) is 46.5 Å². The molecule has 3 aliphatic carbocycles. The molecule has 21 heavy (non-hydrogen) atoms. The van der Waals surface area contributed by atoms with Crippen molar-refractivity contribution in [1.29, 1.82) is 0 Å². The molecule has 0 aromatic rings. The number of aliphatic hydroxyl groups is 1. The molecular weight excluding hydrogens is 264 g/mol. The van der Waals surface area contributed by atoms with Crippen LogP contribution in [0.25, 0.3) is 0 Å². The number of hydrogen-bond donors (Lipinski definition) is 1. The fourth-order valence-electron chi connectivity index (χ4n) is 6.61. The SMILES string of the molecule is CC12CCC3C(CCC4COC(=O)CC43C)C1CCC2O. The van der Waals surface area contributed by atoms with Gasteiger partial charge in [-0.1, -0.05) is 13.8 Å². The number of cyclic esters (lactones) is 1. The molecule has 0 amide bonds. The first-order valence-electron chi connectivity index (χ1n) is 8.79. The Hall–Kier alpha value is -0.570. The van der Waals surface area contributed by atoms with E-state index < -0.39 is 0 Å². The van der Waals surface area contributed by atoms with E-state index in [-0.39, 0.29) is 22.9 Å². The van der Waals surface area contributed by atoms with Crippen LogP contribution in [-0.4, -0.2) is 23.8 Å². The van der Waals surface area contributed by atoms with E-state index in [1.165, 1.54) is 25.7 Å². The number of ether oxygens (including phenoxy) is 1. The first-order valence-corrected chi connectivity index (χ1v) is 8.79. The normalized spacial score (nSPS) is 56.1. The Morgan fingerprint density at radius 2 is 1.81 bits per heavy atom. The van der Waals surface area contributed by atoms with Crippen LogP contribution in [0.3, 0.4) is 0 Å². The van der Waals surface area contributed by atoms with Crippen LogP contribution in [0.15, 0.2) is 0 Å². The van der Waals surface area contributed by atoms with Gasteiger partial charge in [-0.3, -0.25) is 4.79 Å². The maximum atomic E-state index is 11.9. The molecule has 0 aromatic carbocycles. The first-order chi connectivity index (χ1) is 9.95. The van der Waals surface area contributed by atoms with Crippen LogP contribution < -0.4 is 0 Å². The Balaban J connectivity index is 1.66. The summed E-state index contributed by atoms with van der Waals surface area (Å²) in [4.78, 5) is 11.9. The summed E-state index contributed by atoms with van der Waals surface area (Å²) in [5, 5.41) is 10.4. The Kier molecular flexibility index (Phi) is 2.99. The summed E-state index contributed by atoms with van der Waals surface area (Å²) in [5.74, 6) is 2.61. The summed E-state index contributed by atoms with van der Waals surface area (Å²) in [7, 11) is 0. The summed E-state index contributed by atoms with van der Waals surface area (Å²) >= 11 is 0. The van der Waals surface area contributed by atoms with Gasteiger partial charge in [0.25, 0.3) is 0 Å². The van der Waals surface area contributed by atoms with Gasteiger partial charge >= 0.3 is 5.97 Å². The second kappa shape index (κ2) is 4.47. The van der Waals surface area contributed by atoms with E-state index in [1.54, 1.807) is 0 Å². The smallest absolute Gasteiger partial charge is 0.306 e. The Bertz CT molecular complexity index is 461. The average molecular weight is 292 g/mol. The van der Waals surface area contributed by atoms with Gasteiger partial charge in [-0.25, -0.2) is 0 Å². The molecule has 7 unspecified atom stereocenters. The maximum absolute atomic E-state index is 11.9. The molecule has 4 rings (SSSR count). The van der Waals surface area contributed by atoms with E-state index in [9.17, 15) is 9.90 Å². The van der Waals surface area contributed by atoms with Crippen LogP contribution in [0.5, 0.6) is 0 Å². The van der Waals surface area contributed by atoms with Gasteiger partial charge in [0.15, 0.2) is 0 Å². The summed E-state index contributed by atoms with van der Waals surface area (Å²) < 4.78 is 5.34. The number of carbonyl (C=O) groups is 1. The lowest BCUT2D eigenvalue weighted by Gasteiger charge is -2.59. The summed E-state index contributed by atoms with van der Waals surface area (Å²) in [6.07, 6.45) is 7.47. The number of fused-ring (bicyclic) bond motifs is 5. The molecule has 0 aromatic heterocycles. The predicted molar refractivity (Wildman–Crippen MR) is 79.5 cm³/mol. The van der Waals surface area contributed by atoms with Crippen LogP contribution in [0.4, 0.5) is 0 Å². The van der Waals surface area contributed by atoms with Gasteiger partial charge in [-0.15, -0.1) is 0 Å². The summed E-state index contributed by atoms with van der Waals surface area (Å²) in [6, 6.07) is 0. The third-order valence-corrected chi connectivity index (χ3v) is 7.99. The van der Waals surface area contributed by atoms with Gasteiger partial charge in [-0.05, 0) is 73.0 Å². The second-order valence-corrected chi connectivity index (χ2v) is 8.65. The number of aliphatic hydroxyl groups excluding tert-OH is 1. The van der Waals surface area contributed by atoms with E-state index >= 15 is 0 Å². The van der Waals surface area contributed by atoms with Crippen LogP contribution >= 0.6 is 0 Å². The number of hydrogen-bond acceptors (Lipinski definition) is 3. The van der Waals surface area contributed by atoms with Crippen LogP contribution in [0.2, 0.25) is 0 Å². The van der Waals surface area contributed by atoms with Crippen molar-refractivity contribution in [1.82, 2.24) is 0 Å². The zero-order chi connectivity index (χ0) is 14.8. The molecule has 1 heterocycles.